The zero-order valence-electron chi connectivity index (χ0n) is 14.7. The van der Waals surface area contributed by atoms with E-state index in [4.69, 9.17) is 4.74 Å². The minimum absolute atomic E-state index is 0.231. The molecule has 2 aliphatic rings. The Morgan fingerprint density at radius 1 is 1.08 bits per heavy atom. The van der Waals surface area contributed by atoms with E-state index < -0.39 is 0 Å². The van der Waals surface area contributed by atoms with Crippen molar-refractivity contribution in [3.63, 3.8) is 0 Å². The van der Waals surface area contributed by atoms with Gasteiger partial charge >= 0.3 is 4.87 Å². The van der Waals surface area contributed by atoms with Crippen LogP contribution in [-0.2, 0) is 30.9 Å². The zero-order chi connectivity index (χ0) is 17.1. The van der Waals surface area contributed by atoms with E-state index in [9.17, 15) is 4.79 Å². The van der Waals surface area contributed by atoms with Gasteiger partial charge < -0.3 is 4.74 Å². The lowest BCUT2D eigenvalue weighted by Gasteiger charge is -2.32. The van der Waals surface area contributed by atoms with Gasteiger partial charge in [-0.05, 0) is 44.1 Å². The molecule has 1 aliphatic heterocycles. The van der Waals surface area contributed by atoms with E-state index in [2.05, 4.69) is 29.2 Å². The topological polar surface area (TPSA) is 34.5 Å². The quantitative estimate of drug-likeness (QED) is 0.821. The monoisotopic (exact) mass is 358 g/mol. The maximum absolute atomic E-state index is 12.3. The molecule has 0 N–H and O–H groups in total. The van der Waals surface area contributed by atoms with Crippen LogP contribution in [0.5, 0.6) is 0 Å². The Balaban J connectivity index is 1.29. The van der Waals surface area contributed by atoms with E-state index >= 15 is 0 Å². The SMILES string of the molecule is O=c1sc2c(n1CN1CCC(OCc3ccccc3)CC1)CCCC2. The highest BCUT2D eigenvalue weighted by Gasteiger charge is 2.23. The maximum Gasteiger partial charge on any atom is 0.308 e. The summed E-state index contributed by atoms with van der Waals surface area (Å²) in [5, 5.41) is 0. The number of piperidine rings is 1. The van der Waals surface area contributed by atoms with Gasteiger partial charge in [0.1, 0.15) is 0 Å². The van der Waals surface area contributed by atoms with Crippen LogP contribution < -0.4 is 4.87 Å². The van der Waals surface area contributed by atoms with Gasteiger partial charge in [0.15, 0.2) is 0 Å². The number of hydrogen-bond donors (Lipinski definition) is 0. The summed E-state index contributed by atoms with van der Waals surface area (Å²) in [6.45, 7) is 3.48. The van der Waals surface area contributed by atoms with Crippen molar-refractivity contribution in [1.82, 2.24) is 9.47 Å². The van der Waals surface area contributed by atoms with Gasteiger partial charge in [0.25, 0.3) is 0 Å². The molecule has 0 unspecified atom stereocenters. The fourth-order valence-corrected chi connectivity index (χ4v) is 4.94. The first-order chi connectivity index (χ1) is 12.3. The van der Waals surface area contributed by atoms with Crippen molar-refractivity contribution in [2.45, 2.75) is 57.9 Å². The number of benzene rings is 1. The molecule has 0 radical (unpaired) electrons. The second-order valence-electron chi connectivity index (χ2n) is 7.13. The fourth-order valence-electron chi connectivity index (χ4n) is 3.88. The lowest BCUT2D eigenvalue weighted by atomic mass is 10.0. The van der Waals surface area contributed by atoms with Crippen LogP contribution in [0.25, 0.3) is 0 Å². The number of thiazole rings is 1. The molecule has 1 aromatic heterocycles. The van der Waals surface area contributed by atoms with Crippen molar-refractivity contribution < 1.29 is 4.74 Å². The molecule has 2 heterocycles. The summed E-state index contributed by atoms with van der Waals surface area (Å²) in [6.07, 6.45) is 7.06. The summed E-state index contributed by atoms with van der Waals surface area (Å²) in [5.74, 6) is 0. The van der Waals surface area contributed by atoms with Crippen LogP contribution in [-0.4, -0.2) is 28.7 Å². The summed E-state index contributed by atoms with van der Waals surface area (Å²) < 4.78 is 8.11. The number of ether oxygens (including phenoxy) is 1. The molecule has 1 fully saturated rings. The van der Waals surface area contributed by atoms with Crippen molar-refractivity contribution in [3.05, 3.63) is 56.1 Å². The molecule has 4 rings (SSSR count). The average Bonchev–Trinajstić information content (AvgIpc) is 2.97. The Labute approximate surface area is 153 Å². The first kappa shape index (κ1) is 17.0. The fraction of sp³-hybridized carbons (Fsp3) is 0.550. The second-order valence-corrected chi connectivity index (χ2v) is 8.17. The first-order valence-electron chi connectivity index (χ1n) is 9.39. The number of likely N-dealkylation sites (tertiary alicyclic amines) is 1. The third kappa shape index (κ3) is 4.05. The predicted molar refractivity (Wildman–Crippen MR) is 101 cm³/mol. The minimum atomic E-state index is 0.231. The van der Waals surface area contributed by atoms with E-state index in [0.717, 1.165) is 45.4 Å². The van der Waals surface area contributed by atoms with Gasteiger partial charge in [-0.15, -0.1) is 0 Å². The van der Waals surface area contributed by atoms with E-state index in [1.807, 2.05) is 10.6 Å². The van der Waals surface area contributed by atoms with Crippen molar-refractivity contribution in [3.8, 4) is 0 Å². The highest BCUT2D eigenvalue weighted by molar-refractivity contribution is 7.09. The molecule has 134 valence electrons. The number of nitrogens with zero attached hydrogens (tertiary/aromatic N) is 2. The summed E-state index contributed by atoms with van der Waals surface area (Å²) in [6, 6.07) is 10.4. The van der Waals surface area contributed by atoms with Crippen LogP contribution in [0.3, 0.4) is 0 Å². The highest BCUT2D eigenvalue weighted by atomic mass is 32.1. The van der Waals surface area contributed by atoms with Crippen LogP contribution in [0, 0.1) is 0 Å². The molecule has 2 aromatic rings. The molecule has 4 nitrogen and oxygen atoms in total. The van der Waals surface area contributed by atoms with Crippen molar-refractivity contribution in [2.24, 2.45) is 0 Å². The van der Waals surface area contributed by atoms with E-state index in [1.165, 1.54) is 40.3 Å². The van der Waals surface area contributed by atoms with Gasteiger partial charge in [0, 0.05) is 23.7 Å². The van der Waals surface area contributed by atoms with Crippen LogP contribution >= 0.6 is 11.3 Å². The van der Waals surface area contributed by atoms with Crippen molar-refractivity contribution in [1.29, 1.82) is 0 Å². The van der Waals surface area contributed by atoms with Gasteiger partial charge in [-0.3, -0.25) is 14.3 Å². The Hall–Kier alpha value is -1.43. The van der Waals surface area contributed by atoms with Crippen LogP contribution in [0.15, 0.2) is 35.1 Å². The summed E-state index contributed by atoms with van der Waals surface area (Å²) in [7, 11) is 0. The van der Waals surface area contributed by atoms with Gasteiger partial charge in [-0.1, -0.05) is 41.7 Å². The largest absolute Gasteiger partial charge is 0.373 e. The number of rotatable bonds is 5. The smallest absolute Gasteiger partial charge is 0.308 e. The Bertz CT molecular complexity index is 745. The Kier molecular flexibility index (Phi) is 5.34. The zero-order valence-corrected chi connectivity index (χ0v) is 15.5. The second kappa shape index (κ2) is 7.85. The highest BCUT2D eigenvalue weighted by Crippen LogP contribution is 2.24. The lowest BCUT2D eigenvalue weighted by Crippen LogP contribution is -2.40. The van der Waals surface area contributed by atoms with Crippen molar-refractivity contribution >= 4 is 11.3 Å². The number of fused-ring (bicyclic) bond motifs is 1. The third-order valence-electron chi connectivity index (χ3n) is 5.35. The molecule has 0 atom stereocenters. The Morgan fingerprint density at radius 3 is 2.64 bits per heavy atom. The van der Waals surface area contributed by atoms with E-state index in [0.29, 0.717) is 12.7 Å². The number of aryl methyl sites for hydroxylation is 1. The van der Waals surface area contributed by atoms with Gasteiger partial charge in [0.2, 0.25) is 0 Å². The molecular formula is C20H26N2O2S. The van der Waals surface area contributed by atoms with Crippen LogP contribution in [0.2, 0.25) is 0 Å². The summed E-state index contributed by atoms with van der Waals surface area (Å²) in [4.78, 5) is 16.3. The lowest BCUT2D eigenvalue weighted by molar-refractivity contribution is -0.00851. The predicted octanol–water partition coefficient (Wildman–Crippen LogP) is 3.43. The van der Waals surface area contributed by atoms with Gasteiger partial charge in [-0.25, -0.2) is 0 Å². The molecule has 0 spiro atoms. The van der Waals surface area contributed by atoms with Crippen molar-refractivity contribution in [2.75, 3.05) is 13.1 Å². The third-order valence-corrected chi connectivity index (χ3v) is 6.43. The average molecular weight is 359 g/mol. The van der Waals surface area contributed by atoms with Gasteiger partial charge in [-0.2, -0.15) is 0 Å². The summed E-state index contributed by atoms with van der Waals surface area (Å²) >= 11 is 1.47. The molecule has 0 bridgehead atoms. The first-order valence-corrected chi connectivity index (χ1v) is 10.2. The maximum atomic E-state index is 12.3. The van der Waals surface area contributed by atoms with Crippen LogP contribution in [0.1, 0.15) is 41.8 Å². The molecule has 1 saturated heterocycles. The van der Waals surface area contributed by atoms with Gasteiger partial charge in [0.05, 0.1) is 19.4 Å². The molecular weight excluding hydrogens is 332 g/mol. The molecule has 5 heteroatoms. The Morgan fingerprint density at radius 2 is 1.84 bits per heavy atom. The molecule has 25 heavy (non-hydrogen) atoms. The number of aromatic nitrogens is 1. The molecule has 0 saturated carbocycles. The van der Waals surface area contributed by atoms with Crippen LogP contribution in [0.4, 0.5) is 0 Å². The number of hydrogen-bond acceptors (Lipinski definition) is 4. The van der Waals surface area contributed by atoms with E-state index in [-0.39, 0.29) is 4.87 Å². The molecule has 1 aromatic carbocycles. The normalized spacial score (nSPS) is 19.0. The van der Waals surface area contributed by atoms with E-state index in [1.54, 1.807) is 0 Å². The molecule has 0 amide bonds. The minimum Gasteiger partial charge on any atom is -0.373 e. The standard InChI is InChI=1S/C20H26N2O2S/c23-20-22(18-8-4-5-9-19(18)25-20)15-21-12-10-17(11-13-21)24-14-16-6-2-1-3-7-16/h1-3,6-7,17H,4-5,8-15H2. The molecule has 1 aliphatic carbocycles. The summed E-state index contributed by atoms with van der Waals surface area (Å²) in [5.41, 5.74) is 2.55.